The van der Waals surface area contributed by atoms with Crippen LogP contribution in [0.15, 0.2) is 42.5 Å². The third kappa shape index (κ3) is 4.50. The Morgan fingerprint density at radius 3 is 2.25 bits per heavy atom. The zero-order chi connectivity index (χ0) is 14.4. The molecular weight excluding hydrogens is 293 g/mol. The van der Waals surface area contributed by atoms with Gasteiger partial charge in [-0.25, -0.2) is 0 Å². The van der Waals surface area contributed by atoms with Crippen LogP contribution in [0.4, 0.5) is 0 Å². The van der Waals surface area contributed by atoms with Crippen molar-refractivity contribution in [3.8, 4) is 0 Å². The van der Waals surface area contributed by atoms with Gasteiger partial charge >= 0.3 is 0 Å². The van der Waals surface area contributed by atoms with Crippen molar-refractivity contribution in [2.75, 3.05) is 7.11 Å². The van der Waals surface area contributed by atoms with Crippen molar-refractivity contribution in [2.24, 2.45) is 0 Å². The highest BCUT2D eigenvalue weighted by Crippen LogP contribution is 2.19. The molecule has 4 heteroatoms. The van der Waals surface area contributed by atoms with Gasteiger partial charge in [0.05, 0.1) is 6.61 Å². The Kier molecular flexibility index (Phi) is 5.86. The van der Waals surface area contributed by atoms with Gasteiger partial charge in [0.15, 0.2) is 0 Å². The first kappa shape index (κ1) is 15.3. The molecule has 2 aromatic carbocycles. The maximum atomic E-state index is 5.98. The number of ether oxygens (including phenoxy) is 1. The second-order valence-electron chi connectivity index (χ2n) is 4.58. The predicted molar refractivity (Wildman–Crippen MR) is 84.2 cm³/mol. The molecule has 0 radical (unpaired) electrons. The van der Waals surface area contributed by atoms with Gasteiger partial charge in [-0.05, 0) is 34.9 Å². The molecule has 0 amide bonds. The Hall–Kier alpha value is -1.06. The summed E-state index contributed by atoms with van der Waals surface area (Å²) >= 11 is 12.0. The highest BCUT2D eigenvalue weighted by molar-refractivity contribution is 6.34. The number of methoxy groups -OCH3 is 1. The average molecular weight is 310 g/mol. The lowest BCUT2D eigenvalue weighted by atomic mass is 10.1. The lowest BCUT2D eigenvalue weighted by molar-refractivity contribution is 0.184. The summed E-state index contributed by atoms with van der Waals surface area (Å²) in [6.45, 7) is 2.13. The first-order valence-corrected chi connectivity index (χ1v) is 7.16. The van der Waals surface area contributed by atoms with Crippen molar-refractivity contribution in [3.05, 3.63) is 69.2 Å². The Labute approximate surface area is 129 Å². The molecule has 0 atom stereocenters. The lowest BCUT2D eigenvalue weighted by Crippen LogP contribution is -2.14. The molecule has 0 aliphatic heterocycles. The Bertz CT molecular complexity index is 552. The van der Waals surface area contributed by atoms with E-state index in [4.69, 9.17) is 27.9 Å². The smallest absolute Gasteiger partial charge is 0.0716 e. The van der Waals surface area contributed by atoms with Gasteiger partial charge < -0.3 is 10.1 Å². The molecule has 2 nitrogen and oxygen atoms in total. The normalized spacial score (nSPS) is 10.8. The van der Waals surface area contributed by atoms with E-state index in [-0.39, 0.29) is 0 Å². The summed E-state index contributed by atoms with van der Waals surface area (Å²) in [7, 11) is 1.71. The van der Waals surface area contributed by atoms with Crippen molar-refractivity contribution >= 4 is 23.2 Å². The van der Waals surface area contributed by atoms with E-state index in [2.05, 4.69) is 17.4 Å². The monoisotopic (exact) mass is 309 g/mol. The van der Waals surface area contributed by atoms with Crippen LogP contribution in [0.3, 0.4) is 0 Å². The van der Waals surface area contributed by atoms with Gasteiger partial charge in [0.2, 0.25) is 0 Å². The maximum absolute atomic E-state index is 5.98. The van der Waals surface area contributed by atoms with Gasteiger partial charge in [0.1, 0.15) is 0 Å². The second-order valence-corrected chi connectivity index (χ2v) is 5.46. The van der Waals surface area contributed by atoms with E-state index < -0.39 is 0 Å². The summed E-state index contributed by atoms with van der Waals surface area (Å²) in [5, 5.41) is 4.72. The van der Waals surface area contributed by atoms with Crippen LogP contribution in [-0.2, 0) is 24.4 Å². The first-order valence-electron chi connectivity index (χ1n) is 6.40. The predicted octanol–water partition coefficient (Wildman–Crippen LogP) is 4.43. The minimum Gasteiger partial charge on any atom is -0.380 e. The van der Waals surface area contributed by atoms with E-state index in [9.17, 15) is 0 Å². The fourth-order valence-corrected chi connectivity index (χ4v) is 2.65. The summed E-state index contributed by atoms with van der Waals surface area (Å²) in [5.74, 6) is 0. The van der Waals surface area contributed by atoms with E-state index in [0.717, 1.165) is 18.7 Å². The largest absolute Gasteiger partial charge is 0.380 e. The summed E-state index contributed by atoms with van der Waals surface area (Å²) in [6.07, 6.45) is 0. The SMILES string of the molecule is COCc1ccccc1CNCc1cc(Cl)cc(Cl)c1. The van der Waals surface area contributed by atoms with Crippen LogP contribution in [0.1, 0.15) is 16.7 Å². The molecule has 0 aliphatic rings. The molecule has 0 saturated carbocycles. The van der Waals surface area contributed by atoms with Gasteiger partial charge in [-0.15, -0.1) is 0 Å². The highest BCUT2D eigenvalue weighted by atomic mass is 35.5. The molecule has 0 fully saturated rings. The third-order valence-electron chi connectivity index (χ3n) is 2.99. The Morgan fingerprint density at radius 2 is 1.60 bits per heavy atom. The van der Waals surface area contributed by atoms with E-state index in [1.54, 1.807) is 13.2 Å². The fourth-order valence-electron chi connectivity index (χ4n) is 2.08. The third-order valence-corrected chi connectivity index (χ3v) is 3.42. The van der Waals surface area contributed by atoms with Gasteiger partial charge in [-0.3, -0.25) is 0 Å². The quantitative estimate of drug-likeness (QED) is 0.852. The molecule has 20 heavy (non-hydrogen) atoms. The molecular formula is C16H17Cl2NO. The summed E-state index contributed by atoms with van der Waals surface area (Å²) in [6, 6.07) is 13.8. The van der Waals surface area contributed by atoms with E-state index >= 15 is 0 Å². The van der Waals surface area contributed by atoms with Crippen LogP contribution in [0.5, 0.6) is 0 Å². The first-order chi connectivity index (χ1) is 9.69. The number of rotatable bonds is 6. The molecule has 1 N–H and O–H groups in total. The van der Waals surface area contributed by atoms with Crippen molar-refractivity contribution in [3.63, 3.8) is 0 Å². The number of nitrogens with one attached hydrogen (secondary N) is 1. The van der Waals surface area contributed by atoms with Gasteiger partial charge in [-0.2, -0.15) is 0 Å². The van der Waals surface area contributed by atoms with Gasteiger partial charge in [0, 0.05) is 30.2 Å². The van der Waals surface area contributed by atoms with Crippen LogP contribution < -0.4 is 5.32 Å². The summed E-state index contributed by atoms with van der Waals surface area (Å²) < 4.78 is 5.20. The zero-order valence-corrected chi connectivity index (χ0v) is 12.8. The lowest BCUT2D eigenvalue weighted by Gasteiger charge is -2.10. The minimum absolute atomic E-state index is 0.626. The van der Waals surface area contributed by atoms with E-state index in [1.165, 1.54) is 11.1 Å². The van der Waals surface area contributed by atoms with Crippen LogP contribution in [0.25, 0.3) is 0 Å². The molecule has 0 saturated heterocycles. The number of hydrogen-bond donors (Lipinski definition) is 1. The highest BCUT2D eigenvalue weighted by Gasteiger charge is 2.02. The van der Waals surface area contributed by atoms with Gasteiger partial charge in [0.25, 0.3) is 0 Å². The second kappa shape index (κ2) is 7.65. The van der Waals surface area contributed by atoms with Crippen molar-refractivity contribution in [2.45, 2.75) is 19.7 Å². The number of benzene rings is 2. The van der Waals surface area contributed by atoms with Crippen molar-refractivity contribution in [1.82, 2.24) is 5.32 Å². The molecule has 0 bridgehead atoms. The summed E-state index contributed by atoms with van der Waals surface area (Å²) in [4.78, 5) is 0. The molecule has 2 rings (SSSR count). The standard InChI is InChI=1S/C16H17Cl2NO/c1-20-11-14-5-3-2-4-13(14)10-19-9-12-6-15(17)8-16(18)7-12/h2-8,19H,9-11H2,1H3. The average Bonchev–Trinajstić information content (AvgIpc) is 2.40. The zero-order valence-electron chi connectivity index (χ0n) is 11.3. The molecule has 0 spiro atoms. The number of halogens is 2. The number of hydrogen-bond acceptors (Lipinski definition) is 2. The topological polar surface area (TPSA) is 21.3 Å². The Morgan fingerprint density at radius 1 is 0.950 bits per heavy atom. The Balaban J connectivity index is 1.95. The minimum atomic E-state index is 0.626. The fraction of sp³-hybridized carbons (Fsp3) is 0.250. The van der Waals surface area contributed by atoms with Crippen molar-refractivity contribution < 1.29 is 4.74 Å². The maximum Gasteiger partial charge on any atom is 0.0716 e. The van der Waals surface area contributed by atoms with Crippen molar-refractivity contribution in [1.29, 1.82) is 0 Å². The van der Waals surface area contributed by atoms with E-state index in [1.807, 2.05) is 24.3 Å². The van der Waals surface area contributed by atoms with Crippen LogP contribution in [0, 0.1) is 0 Å². The summed E-state index contributed by atoms with van der Waals surface area (Å²) in [5.41, 5.74) is 3.51. The molecule has 2 aromatic rings. The van der Waals surface area contributed by atoms with Gasteiger partial charge in [-0.1, -0.05) is 47.5 Å². The van der Waals surface area contributed by atoms with Crippen LogP contribution >= 0.6 is 23.2 Å². The molecule has 0 aromatic heterocycles. The van der Waals surface area contributed by atoms with E-state index in [0.29, 0.717) is 16.7 Å². The van der Waals surface area contributed by atoms with Crippen LogP contribution in [0.2, 0.25) is 10.0 Å². The molecule has 0 heterocycles. The molecule has 0 aliphatic carbocycles. The van der Waals surface area contributed by atoms with Crippen LogP contribution in [-0.4, -0.2) is 7.11 Å². The molecule has 106 valence electrons. The molecule has 0 unspecified atom stereocenters.